The van der Waals surface area contributed by atoms with E-state index in [4.69, 9.17) is 4.74 Å². The molecule has 2 aliphatic heterocycles. The van der Waals surface area contributed by atoms with Crippen molar-refractivity contribution in [1.29, 1.82) is 0 Å². The summed E-state index contributed by atoms with van der Waals surface area (Å²) in [6.07, 6.45) is 4.42. The second-order valence-electron chi connectivity index (χ2n) is 4.48. The summed E-state index contributed by atoms with van der Waals surface area (Å²) < 4.78 is 5.42. The van der Waals surface area contributed by atoms with Gasteiger partial charge in [-0.25, -0.2) is 0 Å². The van der Waals surface area contributed by atoms with Gasteiger partial charge in [0.1, 0.15) is 0 Å². The van der Waals surface area contributed by atoms with Gasteiger partial charge in [0.25, 0.3) is 0 Å². The molecule has 3 atom stereocenters. The minimum atomic E-state index is 0. The van der Waals surface area contributed by atoms with Gasteiger partial charge in [0.05, 0.1) is 18.2 Å². The van der Waals surface area contributed by atoms with Gasteiger partial charge in [-0.3, -0.25) is 4.79 Å². The van der Waals surface area contributed by atoms with Crippen molar-refractivity contribution in [3.05, 3.63) is 0 Å². The number of hydrogen-bond donors (Lipinski definition) is 2. The molecule has 2 aliphatic rings. The van der Waals surface area contributed by atoms with E-state index in [1.165, 1.54) is 6.42 Å². The molecule has 2 rings (SSSR count). The maximum Gasteiger partial charge on any atom is 0.237 e. The molecule has 5 heteroatoms. The number of carbonyl (C=O) groups excluding carboxylic acids is 1. The van der Waals surface area contributed by atoms with Crippen LogP contribution in [0.3, 0.4) is 0 Å². The Balaban J connectivity index is 0.00000128. The molecule has 0 radical (unpaired) electrons. The molecule has 0 spiro atoms. The highest BCUT2D eigenvalue weighted by Crippen LogP contribution is 2.14. The third kappa shape index (κ3) is 3.34. The summed E-state index contributed by atoms with van der Waals surface area (Å²) in [6.45, 7) is 3.76. The molecule has 0 bridgehead atoms. The van der Waals surface area contributed by atoms with Gasteiger partial charge >= 0.3 is 0 Å². The van der Waals surface area contributed by atoms with Crippen LogP contribution in [0.25, 0.3) is 0 Å². The predicted octanol–water partition coefficient (Wildman–Crippen LogP) is 0.844. The van der Waals surface area contributed by atoms with E-state index in [2.05, 4.69) is 10.6 Å². The number of carbonyl (C=O) groups is 1. The maximum atomic E-state index is 11.9. The first-order chi connectivity index (χ1) is 7.27. The normalized spacial score (nSPS) is 34.2. The highest BCUT2D eigenvalue weighted by molar-refractivity contribution is 5.85. The van der Waals surface area contributed by atoms with Gasteiger partial charge in [0, 0.05) is 6.61 Å². The summed E-state index contributed by atoms with van der Waals surface area (Å²) in [4.78, 5) is 11.9. The van der Waals surface area contributed by atoms with Crippen LogP contribution in [0, 0.1) is 0 Å². The van der Waals surface area contributed by atoms with Crippen molar-refractivity contribution >= 4 is 18.3 Å². The fraction of sp³-hybridized carbons (Fsp3) is 0.909. The Labute approximate surface area is 103 Å². The van der Waals surface area contributed by atoms with E-state index < -0.39 is 0 Å². The molecule has 2 unspecified atom stereocenters. The SMILES string of the molecule is CC1OCCC1NC(=O)[C@H]1CCCCN1.Cl. The third-order valence-corrected chi connectivity index (χ3v) is 3.33. The molecular formula is C11H21ClN2O2. The quantitative estimate of drug-likeness (QED) is 0.762. The Morgan fingerprint density at radius 3 is 2.75 bits per heavy atom. The fourth-order valence-electron chi connectivity index (χ4n) is 2.28. The van der Waals surface area contributed by atoms with E-state index in [0.717, 1.165) is 32.4 Å². The van der Waals surface area contributed by atoms with Crippen molar-refractivity contribution in [2.24, 2.45) is 0 Å². The van der Waals surface area contributed by atoms with E-state index in [1.807, 2.05) is 6.92 Å². The number of hydrogen-bond acceptors (Lipinski definition) is 3. The third-order valence-electron chi connectivity index (χ3n) is 3.33. The average molecular weight is 249 g/mol. The number of piperidine rings is 1. The first-order valence-electron chi connectivity index (χ1n) is 5.93. The van der Waals surface area contributed by atoms with E-state index in [1.54, 1.807) is 0 Å². The summed E-state index contributed by atoms with van der Waals surface area (Å²) in [5.74, 6) is 0.150. The molecule has 0 aromatic rings. The standard InChI is InChI=1S/C11H20N2O2.ClH/c1-8-9(5-7-15-8)13-11(14)10-4-2-3-6-12-10;/h8-10,12H,2-7H2,1H3,(H,13,14);1H/t8?,9?,10-;/m1./s1. The first-order valence-corrected chi connectivity index (χ1v) is 5.93. The first kappa shape index (κ1) is 13.7. The number of ether oxygens (including phenoxy) is 1. The number of halogens is 1. The van der Waals surface area contributed by atoms with Gasteiger partial charge in [0.2, 0.25) is 5.91 Å². The Morgan fingerprint density at radius 1 is 1.38 bits per heavy atom. The molecule has 2 saturated heterocycles. The Kier molecular flexibility index (Phi) is 5.52. The highest BCUT2D eigenvalue weighted by Gasteiger charge is 2.28. The molecule has 1 amide bonds. The fourth-order valence-corrected chi connectivity index (χ4v) is 2.28. The van der Waals surface area contributed by atoms with Crippen molar-refractivity contribution in [2.75, 3.05) is 13.2 Å². The largest absolute Gasteiger partial charge is 0.376 e. The lowest BCUT2D eigenvalue weighted by molar-refractivity contribution is -0.124. The summed E-state index contributed by atoms with van der Waals surface area (Å²) in [5, 5.41) is 6.33. The summed E-state index contributed by atoms with van der Waals surface area (Å²) in [7, 11) is 0. The topological polar surface area (TPSA) is 50.4 Å². The van der Waals surface area contributed by atoms with Crippen LogP contribution >= 0.6 is 12.4 Å². The molecule has 0 aromatic heterocycles. The number of nitrogens with one attached hydrogen (secondary N) is 2. The molecule has 2 heterocycles. The van der Waals surface area contributed by atoms with Crippen LogP contribution in [-0.4, -0.2) is 37.2 Å². The minimum Gasteiger partial charge on any atom is -0.376 e. The van der Waals surface area contributed by atoms with Gasteiger partial charge in [-0.15, -0.1) is 12.4 Å². The van der Waals surface area contributed by atoms with Crippen molar-refractivity contribution in [3.8, 4) is 0 Å². The van der Waals surface area contributed by atoms with Crippen LogP contribution in [0.15, 0.2) is 0 Å². The van der Waals surface area contributed by atoms with Crippen LogP contribution in [0.4, 0.5) is 0 Å². The predicted molar refractivity (Wildman–Crippen MR) is 64.9 cm³/mol. The van der Waals surface area contributed by atoms with Gasteiger partial charge < -0.3 is 15.4 Å². The molecule has 94 valence electrons. The second kappa shape index (κ2) is 6.42. The van der Waals surface area contributed by atoms with Crippen LogP contribution < -0.4 is 10.6 Å². The summed E-state index contributed by atoms with van der Waals surface area (Å²) >= 11 is 0. The lowest BCUT2D eigenvalue weighted by Gasteiger charge is -2.25. The van der Waals surface area contributed by atoms with Crippen LogP contribution in [0.5, 0.6) is 0 Å². The monoisotopic (exact) mass is 248 g/mol. The van der Waals surface area contributed by atoms with Crippen molar-refractivity contribution in [2.45, 2.75) is 50.8 Å². The molecular weight excluding hydrogens is 228 g/mol. The second-order valence-corrected chi connectivity index (χ2v) is 4.48. The lowest BCUT2D eigenvalue weighted by atomic mass is 10.0. The van der Waals surface area contributed by atoms with Crippen molar-refractivity contribution < 1.29 is 9.53 Å². The lowest BCUT2D eigenvalue weighted by Crippen LogP contribution is -2.51. The molecule has 16 heavy (non-hydrogen) atoms. The van der Waals surface area contributed by atoms with Crippen LogP contribution in [0.2, 0.25) is 0 Å². The zero-order chi connectivity index (χ0) is 10.7. The molecule has 2 fully saturated rings. The Hall–Kier alpha value is -0.320. The molecule has 2 N–H and O–H groups in total. The Morgan fingerprint density at radius 2 is 2.19 bits per heavy atom. The van der Waals surface area contributed by atoms with Gasteiger partial charge in [-0.1, -0.05) is 6.42 Å². The van der Waals surface area contributed by atoms with E-state index in [-0.39, 0.29) is 36.5 Å². The summed E-state index contributed by atoms with van der Waals surface area (Å²) in [6, 6.07) is 0.229. The average Bonchev–Trinajstić information content (AvgIpc) is 2.66. The molecule has 0 saturated carbocycles. The minimum absolute atomic E-state index is 0. The highest BCUT2D eigenvalue weighted by atomic mass is 35.5. The Bertz CT molecular complexity index is 232. The van der Waals surface area contributed by atoms with E-state index in [9.17, 15) is 4.79 Å². The number of amides is 1. The zero-order valence-corrected chi connectivity index (χ0v) is 10.5. The van der Waals surface area contributed by atoms with Gasteiger partial charge in [0.15, 0.2) is 0 Å². The van der Waals surface area contributed by atoms with Crippen LogP contribution in [-0.2, 0) is 9.53 Å². The van der Waals surface area contributed by atoms with Gasteiger partial charge in [-0.2, -0.15) is 0 Å². The van der Waals surface area contributed by atoms with Gasteiger partial charge in [-0.05, 0) is 32.7 Å². The number of rotatable bonds is 2. The van der Waals surface area contributed by atoms with E-state index >= 15 is 0 Å². The molecule has 0 aromatic carbocycles. The molecule has 4 nitrogen and oxygen atoms in total. The smallest absolute Gasteiger partial charge is 0.237 e. The van der Waals surface area contributed by atoms with Crippen molar-refractivity contribution in [3.63, 3.8) is 0 Å². The maximum absolute atomic E-state index is 11.9. The van der Waals surface area contributed by atoms with E-state index in [0.29, 0.717) is 0 Å². The molecule has 0 aliphatic carbocycles. The summed E-state index contributed by atoms with van der Waals surface area (Å²) in [5.41, 5.74) is 0. The van der Waals surface area contributed by atoms with Crippen molar-refractivity contribution in [1.82, 2.24) is 10.6 Å². The van der Waals surface area contributed by atoms with Crippen LogP contribution in [0.1, 0.15) is 32.6 Å². The zero-order valence-electron chi connectivity index (χ0n) is 9.70.